The summed E-state index contributed by atoms with van der Waals surface area (Å²) in [4.78, 5) is 0. The molecule has 1 aliphatic carbocycles. The van der Waals surface area contributed by atoms with Gasteiger partial charge in [-0.1, -0.05) is 60.1 Å². The molecule has 1 unspecified atom stereocenters. The first kappa shape index (κ1) is 14.6. The van der Waals surface area contributed by atoms with Crippen molar-refractivity contribution in [3.63, 3.8) is 0 Å². The lowest BCUT2D eigenvalue weighted by molar-refractivity contribution is 0.265. The lowest BCUT2D eigenvalue weighted by atomic mass is 9.70. The molecule has 110 valence electrons. The van der Waals surface area contributed by atoms with Gasteiger partial charge in [0.05, 0.1) is 6.04 Å². The van der Waals surface area contributed by atoms with Crippen molar-refractivity contribution in [3.05, 3.63) is 63.6 Å². The summed E-state index contributed by atoms with van der Waals surface area (Å²) in [6.45, 7) is 6.90. The smallest absolute Gasteiger partial charge is 0.0567 e. The van der Waals surface area contributed by atoms with Gasteiger partial charge in [0.25, 0.3) is 0 Å². The average Bonchev–Trinajstić information content (AvgIpc) is 2.46. The van der Waals surface area contributed by atoms with Crippen LogP contribution in [0.4, 0.5) is 5.69 Å². The Labute approximate surface area is 135 Å². The Bertz CT molecular complexity index is 660. The molecule has 0 bridgehead atoms. The lowest BCUT2D eigenvalue weighted by Gasteiger charge is -2.41. The monoisotopic (exact) mass is 343 g/mol. The molecule has 2 heteroatoms. The highest BCUT2D eigenvalue weighted by molar-refractivity contribution is 9.10. The molecule has 1 aliphatic rings. The van der Waals surface area contributed by atoms with E-state index in [-0.39, 0.29) is 5.41 Å². The number of benzene rings is 2. The van der Waals surface area contributed by atoms with Crippen LogP contribution in [-0.4, -0.2) is 0 Å². The Morgan fingerprint density at radius 1 is 1.14 bits per heavy atom. The van der Waals surface area contributed by atoms with E-state index in [1.54, 1.807) is 0 Å². The molecule has 0 heterocycles. The van der Waals surface area contributed by atoms with Crippen molar-refractivity contribution < 1.29 is 0 Å². The molecule has 0 spiro atoms. The maximum atomic E-state index is 3.81. The van der Waals surface area contributed by atoms with Crippen LogP contribution in [0.25, 0.3) is 0 Å². The zero-order valence-electron chi connectivity index (χ0n) is 12.9. The first-order valence-corrected chi connectivity index (χ1v) is 8.37. The summed E-state index contributed by atoms with van der Waals surface area (Å²) in [5.41, 5.74) is 5.70. The van der Waals surface area contributed by atoms with Crippen LogP contribution in [0.3, 0.4) is 0 Å². The quantitative estimate of drug-likeness (QED) is 0.717. The Hall–Kier alpha value is -1.28. The summed E-state index contributed by atoms with van der Waals surface area (Å²) in [5, 5.41) is 3.81. The van der Waals surface area contributed by atoms with Crippen molar-refractivity contribution in [3.8, 4) is 0 Å². The van der Waals surface area contributed by atoms with Crippen LogP contribution < -0.4 is 5.32 Å². The number of halogens is 1. The van der Waals surface area contributed by atoms with Crippen LogP contribution in [0.1, 0.15) is 43.0 Å². The zero-order chi connectivity index (χ0) is 15.0. The van der Waals surface area contributed by atoms with Crippen LogP contribution >= 0.6 is 15.9 Å². The van der Waals surface area contributed by atoms with Crippen molar-refractivity contribution in [1.82, 2.24) is 0 Å². The van der Waals surface area contributed by atoms with Gasteiger partial charge in [-0.15, -0.1) is 0 Å². The van der Waals surface area contributed by atoms with Crippen molar-refractivity contribution in [2.24, 2.45) is 5.41 Å². The number of hydrogen-bond acceptors (Lipinski definition) is 1. The molecule has 0 aromatic heterocycles. The molecular formula is C19H22BrN. The number of anilines is 1. The average molecular weight is 344 g/mol. The largest absolute Gasteiger partial charge is 0.377 e. The fourth-order valence-corrected chi connectivity index (χ4v) is 3.61. The Kier molecular flexibility index (Phi) is 3.83. The third-order valence-corrected chi connectivity index (χ3v) is 5.18. The van der Waals surface area contributed by atoms with E-state index < -0.39 is 0 Å². The van der Waals surface area contributed by atoms with Gasteiger partial charge >= 0.3 is 0 Å². The van der Waals surface area contributed by atoms with Gasteiger partial charge < -0.3 is 5.32 Å². The van der Waals surface area contributed by atoms with E-state index in [2.05, 4.69) is 84.5 Å². The molecule has 0 fully saturated rings. The van der Waals surface area contributed by atoms with Gasteiger partial charge in [-0.25, -0.2) is 0 Å². The van der Waals surface area contributed by atoms with E-state index >= 15 is 0 Å². The summed E-state index contributed by atoms with van der Waals surface area (Å²) >= 11 is 3.58. The second-order valence-electron chi connectivity index (χ2n) is 6.72. The fraction of sp³-hybridized carbons (Fsp3) is 0.368. The fourth-order valence-electron chi connectivity index (χ4n) is 3.24. The molecule has 1 atom stereocenters. The predicted molar refractivity (Wildman–Crippen MR) is 93.8 cm³/mol. The molecule has 0 amide bonds. The summed E-state index contributed by atoms with van der Waals surface area (Å²) in [5.74, 6) is 0. The maximum Gasteiger partial charge on any atom is 0.0567 e. The summed E-state index contributed by atoms with van der Waals surface area (Å²) < 4.78 is 1.12. The number of hydrogen-bond donors (Lipinski definition) is 1. The Morgan fingerprint density at radius 2 is 1.90 bits per heavy atom. The van der Waals surface area contributed by atoms with E-state index in [4.69, 9.17) is 0 Å². The first-order valence-electron chi connectivity index (χ1n) is 7.58. The van der Waals surface area contributed by atoms with E-state index in [0.717, 1.165) is 4.47 Å². The van der Waals surface area contributed by atoms with Gasteiger partial charge in [0, 0.05) is 10.2 Å². The zero-order valence-corrected chi connectivity index (χ0v) is 14.5. The van der Waals surface area contributed by atoms with Gasteiger partial charge in [0.15, 0.2) is 0 Å². The molecule has 2 aromatic rings. The highest BCUT2D eigenvalue weighted by Crippen LogP contribution is 2.45. The number of nitrogens with one attached hydrogen (secondary N) is 1. The van der Waals surface area contributed by atoms with Crippen molar-refractivity contribution in [2.75, 3.05) is 5.32 Å². The minimum absolute atomic E-state index is 0.253. The van der Waals surface area contributed by atoms with Crippen molar-refractivity contribution in [1.29, 1.82) is 0 Å². The standard InChI is InChI=1S/C19H22BrN/c1-13-8-9-15(20)12-17(13)21-18-16-7-5-4-6-14(16)10-11-19(18,2)3/h4-9,12,18,21H,10-11H2,1-3H3. The first-order chi connectivity index (χ1) is 9.97. The molecule has 0 radical (unpaired) electrons. The van der Waals surface area contributed by atoms with Crippen molar-refractivity contribution >= 4 is 21.6 Å². The molecule has 0 saturated heterocycles. The van der Waals surface area contributed by atoms with Crippen molar-refractivity contribution in [2.45, 2.75) is 39.7 Å². The second kappa shape index (κ2) is 5.49. The van der Waals surface area contributed by atoms with Crippen LogP contribution in [0.5, 0.6) is 0 Å². The van der Waals surface area contributed by atoms with Gasteiger partial charge in [-0.3, -0.25) is 0 Å². The minimum atomic E-state index is 0.253. The molecule has 0 saturated carbocycles. The molecule has 2 aromatic carbocycles. The minimum Gasteiger partial charge on any atom is -0.377 e. The van der Waals surface area contributed by atoms with Gasteiger partial charge in [0.2, 0.25) is 0 Å². The van der Waals surface area contributed by atoms with E-state index in [9.17, 15) is 0 Å². The van der Waals surface area contributed by atoms with Gasteiger partial charge in [-0.2, -0.15) is 0 Å². The van der Waals surface area contributed by atoms with Crippen LogP contribution in [-0.2, 0) is 6.42 Å². The summed E-state index contributed by atoms with van der Waals surface area (Å²) in [6, 6.07) is 15.7. The number of fused-ring (bicyclic) bond motifs is 1. The van der Waals surface area contributed by atoms with Gasteiger partial charge in [-0.05, 0) is 54.0 Å². The predicted octanol–water partition coefficient (Wildman–Crippen LogP) is 5.88. The summed E-state index contributed by atoms with van der Waals surface area (Å²) in [6.07, 6.45) is 2.40. The van der Waals surface area contributed by atoms with E-state index in [1.807, 2.05) is 0 Å². The Balaban J connectivity index is 2.01. The Morgan fingerprint density at radius 3 is 2.71 bits per heavy atom. The topological polar surface area (TPSA) is 12.0 Å². The molecule has 21 heavy (non-hydrogen) atoms. The van der Waals surface area contributed by atoms with Crippen LogP contribution in [0.15, 0.2) is 46.9 Å². The second-order valence-corrected chi connectivity index (χ2v) is 7.64. The van der Waals surface area contributed by atoms with E-state index in [0.29, 0.717) is 6.04 Å². The molecule has 1 N–H and O–H groups in total. The summed E-state index contributed by atoms with van der Waals surface area (Å²) in [7, 11) is 0. The SMILES string of the molecule is Cc1ccc(Br)cc1NC1c2ccccc2CCC1(C)C. The third-order valence-electron chi connectivity index (χ3n) is 4.69. The normalized spacial score (nSPS) is 19.9. The van der Waals surface area contributed by atoms with E-state index in [1.165, 1.54) is 35.2 Å². The van der Waals surface area contributed by atoms with Crippen LogP contribution in [0, 0.1) is 12.3 Å². The van der Waals surface area contributed by atoms with Gasteiger partial charge in [0.1, 0.15) is 0 Å². The number of rotatable bonds is 2. The molecule has 0 aliphatic heterocycles. The number of aryl methyl sites for hydroxylation is 2. The highest BCUT2D eigenvalue weighted by atomic mass is 79.9. The molecular weight excluding hydrogens is 322 g/mol. The van der Waals surface area contributed by atoms with Crippen LogP contribution in [0.2, 0.25) is 0 Å². The third kappa shape index (κ3) is 2.87. The molecule has 1 nitrogen and oxygen atoms in total. The highest BCUT2D eigenvalue weighted by Gasteiger charge is 2.35. The lowest BCUT2D eigenvalue weighted by Crippen LogP contribution is -2.33. The molecule has 3 rings (SSSR count). The maximum absolute atomic E-state index is 3.81.